The van der Waals surface area contributed by atoms with Gasteiger partial charge in [-0.2, -0.15) is 0 Å². The molecule has 0 spiro atoms. The summed E-state index contributed by atoms with van der Waals surface area (Å²) in [6, 6.07) is 0. The van der Waals surface area contributed by atoms with Crippen molar-refractivity contribution in [2.75, 3.05) is 47.0 Å². The van der Waals surface area contributed by atoms with Crippen LogP contribution in [-0.4, -0.2) is 64.0 Å². The maximum absolute atomic E-state index is 5.76. The van der Waals surface area contributed by atoms with Crippen LogP contribution in [0.25, 0.3) is 0 Å². The molecule has 1 unspecified atom stereocenters. The number of aliphatic imine (C=N–C) groups is 1. The highest BCUT2D eigenvalue weighted by Crippen LogP contribution is 2.18. The minimum absolute atomic E-state index is 0. The Morgan fingerprint density at radius 1 is 1.18 bits per heavy atom. The molecule has 2 saturated heterocycles. The maximum atomic E-state index is 5.76. The maximum Gasteiger partial charge on any atom is 0.193 e. The first kappa shape index (κ1) is 20.0. The first-order valence-corrected chi connectivity index (χ1v) is 8.40. The van der Waals surface area contributed by atoms with Crippen molar-refractivity contribution in [1.82, 2.24) is 10.2 Å². The molecule has 0 bridgehead atoms. The fraction of sp³-hybridized carbons (Fsp3) is 0.938. The molecule has 2 aliphatic rings. The van der Waals surface area contributed by atoms with Crippen LogP contribution in [0.4, 0.5) is 0 Å². The van der Waals surface area contributed by atoms with Gasteiger partial charge in [-0.3, -0.25) is 4.99 Å². The Morgan fingerprint density at radius 2 is 1.95 bits per heavy atom. The van der Waals surface area contributed by atoms with E-state index in [0.717, 1.165) is 51.2 Å². The lowest BCUT2D eigenvalue weighted by Crippen LogP contribution is -2.44. The highest BCUT2D eigenvalue weighted by atomic mass is 127. The van der Waals surface area contributed by atoms with Crippen molar-refractivity contribution in [3.05, 3.63) is 0 Å². The lowest BCUT2D eigenvalue weighted by Gasteiger charge is -2.28. The van der Waals surface area contributed by atoms with Crippen LogP contribution in [0.1, 0.15) is 38.5 Å². The molecule has 0 aromatic heterocycles. The summed E-state index contributed by atoms with van der Waals surface area (Å²) in [6.45, 7) is 4.69. The number of hydrogen-bond acceptors (Lipinski definition) is 3. The molecule has 1 atom stereocenters. The van der Waals surface area contributed by atoms with Gasteiger partial charge >= 0.3 is 0 Å². The van der Waals surface area contributed by atoms with Crippen LogP contribution in [0, 0.1) is 5.92 Å². The number of rotatable bonds is 5. The molecular formula is C16H32IN3O2. The van der Waals surface area contributed by atoms with Gasteiger partial charge in [-0.15, -0.1) is 24.0 Å². The van der Waals surface area contributed by atoms with Gasteiger partial charge < -0.3 is 19.7 Å². The molecule has 2 heterocycles. The first-order valence-electron chi connectivity index (χ1n) is 8.40. The van der Waals surface area contributed by atoms with Crippen LogP contribution in [-0.2, 0) is 9.47 Å². The third-order valence-corrected chi connectivity index (χ3v) is 4.55. The molecule has 0 amide bonds. The fourth-order valence-corrected chi connectivity index (χ4v) is 3.08. The van der Waals surface area contributed by atoms with Gasteiger partial charge in [0.05, 0.1) is 6.10 Å². The number of guanidine groups is 1. The van der Waals surface area contributed by atoms with E-state index in [9.17, 15) is 0 Å². The molecule has 1 N–H and O–H groups in total. The summed E-state index contributed by atoms with van der Waals surface area (Å²) >= 11 is 0. The predicted octanol–water partition coefficient (Wildman–Crippen LogP) is 2.50. The second kappa shape index (κ2) is 11.5. The predicted molar refractivity (Wildman–Crippen MR) is 101 cm³/mol. The number of halogens is 1. The number of hydrogen-bond donors (Lipinski definition) is 1. The first-order chi connectivity index (χ1) is 10.3. The van der Waals surface area contributed by atoms with Gasteiger partial charge in [-0.05, 0) is 44.4 Å². The van der Waals surface area contributed by atoms with Crippen molar-refractivity contribution in [1.29, 1.82) is 0 Å². The summed E-state index contributed by atoms with van der Waals surface area (Å²) in [5, 5.41) is 3.45. The molecule has 2 rings (SSSR count). The van der Waals surface area contributed by atoms with E-state index in [-0.39, 0.29) is 24.0 Å². The molecule has 0 aromatic carbocycles. The molecule has 2 aliphatic heterocycles. The van der Waals surface area contributed by atoms with E-state index in [1.165, 1.54) is 32.1 Å². The quantitative estimate of drug-likeness (QED) is 0.418. The SMILES string of the molecule is CN=C(NCC1CCCCO1)N(C)CCC1CCOCC1.I. The van der Waals surface area contributed by atoms with E-state index in [1.54, 1.807) is 0 Å². The van der Waals surface area contributed by atoms with Crippen LogP contribution in [0.2, 0.25) is 0 Å². The molecule has 22 heavy (non-hydrogen) atoms. The Kier molecular flexibility index (Phi) is 10.4. The molecular weight excluding hydrogens is 393 g/mol. The normalized spacial score (nSPS) is 23.7. The zero-order chi connectivity index (χ0) is 14.9. The van der Waals surface area contributed by atoms with Crippen molar-refractivity contribution in [3.63, 3.8) is 0 Å². The largest absolute Gasteiger partial charge is 0.381 e. The Balaban J connectivity index is 0.00000242. The van der Waals surface area contributed by atoms with Gasteiger partial charge in [0.2, 0.25) is 0 Å². The zero-order valence-electron chi connectivity index (χ0n) is 14.1. The second-order valence-electron chi connectivity index (χ2n) is 6.18. The van der Waals surface area contributed by atoms with Gasteiger partial charge in [0.15, 0.2) is 5.96 Å². The Hall–Kier alpha value is -0.0800. The summed E-state index contributed by atoms with van der Waals surface area (Å²) in [5.41, 5.74) is 0. The van der Waals surface area contributed by atoms with E-state index in [2.05, 4.69) is 22.3 Å². The van der Waals surface area contributed by atoms with E-state index >= 15 is 0 Å². The van der Waals surface area contributed by atoms with Crippen molar-refractivity contribution >= 4 is 29.9 Å². The van der Waals surface area contributed by atoms with Crippen molar-refractivity contribution in [2.24, 2.45) is 10.9 Å². The van der Waals surface area contributed by atoms with Gasteiger partial charge in [-0.25, -0.2) is 0 Å². The van der Waals surface area contributed by atoms with Crippen molar-refractivity contribution < 1.29 is 9.47 Å². The third-order valence-electron chi connectivity index (χ3n) is 4.55. The monoisotopic (exact) mass is 425 g/mol. The highest BCUT2D eigenvalue weighted by molar-refractivity contribution is 14.0. The van der Waals surface area contributed by atoms with Crippen LogP contribution < -0.4 is 5.32 Å². The van der Waals surface area contributed by atoms with Gasteiger partial charge in [0, 0.05) is 47.0 Å². The number of ether oxygens (including phenoxy) is 2. The summed E-state index contributed by atoms with van der Waals surface area (Å²) in [4.78, 5) is 6.62. The van der Waals surface area contributed by atoms with Crippen molar-refractivity contribution in [2.45, 2.75) is 44.6 Å². The van der Waals surface area contributed by atoms with Gasteiger partial charge in [0.25, 0.3) is 0 Å². The molecule has 2 fully saturated rings. The lowest BCUT2D eigenvalue weighted by atomic mass is 9.96. The Labute approximate surface area is 152 Å². The average Bonchev–Trinajstić information content (AvgIpc) is 2.55. The van der Waals surface area contributed by atoms with E-state index in [0.29, 0.717) is 6.10 Å². The van der Waals surface area contributed by atoms with E-state index in [1.807, 2.05) is 7.05 Å². The lowest BCUT2D eigenvalue weighted by molar-refractivity contribution is 0.0191. The minimum Gasteiger partial charge on any atom is -0.381 e. The van der Waals surface area contributed by atoms with Crippen molar-refractivity contribution in [3.8, 4) is 0 Å². The molecule has 0 saturated carbocycles. The zero-order valence-corrected chi connectivity index (χ0v) is 16.4. The van der Waals surface area contributed by atoms with E-state index in [4.69, 9.17) is 9.47 Å². The fourth-order valence-electron chi connectivity index (χ4n) is 3.08. The van der Waals surface area contributed by atoms with E-state index < -0.39 is 0 Å². The number of nitrogens with one attached hydrogen (secondary N) is 1. The molecule has 0 aromatic rings. The van der Waals surface area contributed by atoms with Crippen LogP contribution >= 0.6 is 24.0 Å². The molecule has 0 aliphatic carbocycles. The average molecular weight is 425 g/mol. The van der Waals surface area contributed by atoms with Gasteiger partial charge in [0.1, 0.15) is 0 Å². The molecule has 130 valence electrons. The smallest absolute Gasteiger partial charge is 0.193 e. The number of nitrogens with zero attached hydrogens (tertiary/aromatic N) is 2. The minimum atomic E-state index is 0. The Morgan fingerprint density at radius 3 is 2.59 bits per heavy atom. The van der Waals surface area contributed by atoms with Gasteiger partial charge in [-0.1, -0.05) is 0 Å². The highest BCUT2D eigenvalue weighted by Gasteiger charge is 2.17. The Bertz CT molecular complexity index is 317. The summed E-state index contributed by atoms with van der Waals surface area (Å²) in [7, 11) is 3.98. The summed E-state index contributed by atoms with van der Waals surface area (Å²) in [6.07, 6.45) is 7.63. The summed E-state index contributed by atoms with van der Waals surface area (Å²) in [5.74, 6) is 1.79. The molecule has 0 radical (unpaired) electrons. The van der Waals surface area contributed by atoms with Crippen LogP contribution in [0.5, 0.6) is 0 Å². The molecule has 5 nitrogen and oxygen atoms in total. The molecule has 6 heteroatoms. The standard InChI is InChI=1S/C16H31N3O2.HI/c1-17-16(18-13-15-5-3-4-10-21-15)19(2)9-6-14-7-11-20-12-8-14;/h14-15H,3-13H2,1-2H3,(H,17,18);1H. The third kappa shape index (κ3) is 7.00. The van der Waals surface area contributed by atoms with Crippen LogP contribution in [0.3, 0.4) is 0 Å². The van der Waals surface area contributed by atoms with Crippen LogP contribution in [0.15, 0.2) is 4.99 Å². The topological polar surface area (TPSA) is 46.1 Å². The second-order valence-corrected chi connectivity index (χ2v) is 6.18. The summed E-state index contributed by atoms with van der Waals surface area (Å²) < 4.78 is 11.2.